The molecule has 0 aliphatic heterocycles. The number of nitrogens with zero attached hydrogens (tertiary/aromatic N) is 5. The number of hydrogen-bond donors (Lipinski definition) is 1. The van der Waals surface area contributed by atoms with Gasteiger partial charge in [-0.2, -0.15) is 10.2 Å². The fraction of sp³-hybridized carbons (Fsp3) is 0.583. The standard InChI is InChI=1S/C12H20N6/c1-9(2)6-18-12(14-8-16-18)4-11(13)10-5-15-17(3)7-10/h5,7-9,11H,4,6,13H2,1-3H3. The van der Waals surface area contributed by atoms with E-state index in [1.165, 1.54) is 0 Å². The van der Waals surface area contributed by atoms with Crippen LogP contribution in [0.2, 0.25) is 0 Å². The average Bonchev–Trinajstić information content (AvgIpc) is 2.88. The Balaban J connectivity index is 2.07. The molecule has 6 heteroatoms. The molecule has 0 saturated heterocycles. The molecule has 2 N–H and O–H groups in total. The van der Waals surface area contributed by atoms with E-state index in [4.69, 9.17) is 5.73 Å². The third-order valence-electron chi connectivity index (χ3n) is 2.79. The summed E-state index contributed by atoms with van der Waals surface area (Å²) in [6.45, 7) is 5.19. The molecule has 0 aromatic carbocycles. The van der Waals surface area contributed by atoms with E-state index in [9.17, 15) is 0 Å². The molecule has 2 heterocycles. The minimum atomic E-state index is -0.0891. The Morgan fingerprint density at radius 1 is 1.33 bits per heavy atom. The highest BCUT2D eigenvalue weighted by Crippen LogP contribution is 2.14. The summed E-state index contributed by atoms with van der Waals surface area (Å²) in [5.74, 6) is 1.47. The maximum atomic E-state index is 6.16. The second-order valence-electron chi connectivity index (χ2n) is 5.01. The quantitative estimate of drug-likeness (QED) is 0.853. The van der Waals surface area contributed by atoms with E-state index in [2.05, 4.69) is 29.0 Å². The summed E-state index contributed by atoms with van der Waals surface area (Å²) in [5.41, 5.74) is 7.19. The zero-order valence-electron chi connectivity index (χ0n) is 11.1. The van der Waals surface area contributed by atoms with Crippen molar-refractivity contribution in [3.05, 3.63) is 30.1 Å². The first kappa shape index (κ1) is 12.8. The van der Waals surface area contributed by atoms with E-state index >= 15 is 0 Å². The third kappa shape index (κ3) is 2.95. The molecule has 0 aliphatic rings. The van der Waals surface area contributed by atoms with Crippen molar-refractivity contribution in [3.63, 3.8) is 0 Å². The highest BCUT2D eigenvalue weighted by molar-refractivity contribution is 5.11. The van der Waals surface area contributed by atoms with E-state index in [0.29, 0.717) is 12.3 Å². The summed E-state index contributed by atoms with van der Waals surface area (Å²) < 4.78 is 3.69. The van der Waals surface area contributed by atoms with Crippen LogP contribution >= 0.6 is 0 Å². The summed E-state index contributed by atoms with van der Waals surface area (Å²) in [6.07, 6.45) is 6.01. The van der Waals surface area contributed by atoms with Crippen LogP contribution in [-0.2, 0) is 20.0 Å². The normalized spacial score (nSPS) is 13.2. The lowest BCUT2D eigenvalue weighted by atomic mass is 10.1. The molecule has 1 unspecified atom stereocenters. The van der Waals surface area contributed by atoms with Gasteiger partial charge in [0.25, 0.3) is 0 Å². The van der Waals surface area contributed by atoms with Crippen molar-refractivity contribution in [1.29, 1.82) is 0 Å². The van der Waals surface area contributed by atoms with Crippen LogP contribution < -0.4 is 5.73 Å². The fourth-order valence-corrected chi connectivity index (χ4v) is 1.89. The number of nitrogens with two attached hydrogens (primary N) is 1. The van der Waals surface area contributed by atoms with Gasteiger partial charge in [-0.15, -0.1) is 0 Å². The summed E-state index contributed by atoms with van der Waals surface area (Å²) in [5, 5.41) is 8.37. The Kier molecular flexibility index (Phi) is 3.76. The van der Waals surface area contributed by atoms with Crippen molar-refractivity contribution in [2.75, 3.05) is 0 Å². The van der Waals surface area contributed by atoms with Gasteiger partial charge in [0.05, 0.1) is 6.20 Å². The summed E-state index contributed by atoms with van der Waals surface area (Å²) in [7, 11) is 1.89. The van der Waals surface area contributed by atoms with Crippen LogP contribution in [0.1, 0.15) is 31.3 Å². The number of rotatable bonds is 5. The van der Waals surface area contributed by atoms with Gasteiger partial charge in [-0.1, -0.05) is 13.8 Å². The third-order valence-corrected chi connectivity index (χ3v) is 2.79. The van der Waals surface area contributed by atoms with Crippen LogP contribution in [0.5, 0.6) is 0 Å². The van der Waals surface area contributed by atoms with Gasteiger partial charge in [-0.3, -0.25) is 4.68 Å². The van der Waals surface area contributed by atoms with E-state index in [1.807, 2.05) is 17.9 Å². The largest absolute Gasteiger partial charge is 0.323 e. The van der Waals surface area contributed by atoms with Crippen LogP contribution in [0.3, 0.4) is 0 Å². The molecule has 2 rings (SSSR count). The minimum Gasteiger partial charge on any atom is -0.323 e. The lowest BCUT2D eigenvalue weighted by Crippen LogP contribution is -2.18. The molecule has 0 saturated carbocycles. The Labute approximate surface area is 107 Å². The van der Waals surface area contributed by atoms with Gasteiger partial charge in [0, 0.05) is 37.8 Å². The minimum absolute atomic E-state index is 0.0891. The summed E-state index contributed by atoms with van der Waals surface area (Å²) >= 11 is 0. The van der Waals surface area contributed by atoms with Crippen LogP contribution in [0, 0.1) is 5.92 Å². The Bertz CT molecular complexity index is 498. The number of aromatic nitrogens is 5. The fourth-order valence-electron chi connectivity index (χ4n) is 1.89. The first-order chi connectivity index (χ1) is 8.56. The maximum Gasteiger partial charge on any atom is 0.138 e. The average molecular weight is 248 g/mol. The zero-order valence-corrected chi connectivity index (χ0v) is 11.1. The van der Waals surface area contributed by atoms with E-state index in [-0.39, 0.29) is 6.04 Å². The number of aryl methyl sites for hydroxylation is 1. The lowest BCUT2D eigenvalue weighted by Gasteiger charge is -2.11. The molecule has 0 radical (unpaired) electrons. The lowest BCUT2D eigenvalue weighted by molar-refractivity contribution is 0.459. The summed E-state index contributed by atoms with van der Waals surface area (Å²) in [4.78, 5) is 4.29. The molecule has 2 aromatic rings. The van der Waals surface area contributed by atoms with Crippen LogP contribution in [0.15, 0.2) is 18.7 Å². The van der Waals surface area contributed by atoms with Gasteiger partial charge in [0.15, 0.2) is 0 Å². The molecule has 1 atom stereocenters. The van der Waals surface area contributed by atoms with Crippen molar-refractivity contribution >= 4 is 0 Å². The smallest absolute Gasteiger partial charge is 0.138 e. The molecular formula is C12H20N6. The molecule has 0 bridgehead atoms. The monoisotopic (exact) mass is 248 g/mol. The van der Waals surface area contributed by atoms with Gasteiger partial charge in [-0.25, -0.2) is 9.67 Å². The zero-order chi connectivity index (χ0) is 13.1. The van der Waals surface area contributed by atoms with E-state index < -0.39 is 0 Å². The SMILES string of the molecule is CC(C)Cn1ncnc1CC(N)c1cnn(C)c1. The van der Waals surface area contributed by atoms with Crippen LogP contribution in [0.25, 0.3) is 0 Å². The predicted molar refractivity (Wildman–Crippen MR) is 68.7 cm³/mol. The van der Waals surface area contributed by atoms with E-state index in [0.717, 1.165) is 17.9 Å². The predicted octanol–water partition coefficient (Wildman–Crippen LogP) is 0.910. The molecule has 0 amide bonds. The van der Waals surface area contributed by atoms with Crippen LogP contribution in [0.4, 0.5) is 0 Å². The van der Waals surface area contributed by atoms with Gasteiger partial charge < -0.3 is 5.73 Å². The van der Waals surface area contributed by atoms with Gasteiger partial charge in [0.2, 0.25) is 0 Å². The van der Waals surface area contributed by atoms with Crippen molar-refractivity contribution < 1.29 is 0 Å². The molecule has 6 nitrogen and oxygen atoms in total. The summed E-state index contributed by atoms with van der Waals surface area (Å²) in [6, 6.07) is -0.0891. The van der Waals surface area contributed by atoms with Gasteiger partial charge in [-0.05, 0) is 5.92 Å². The molecule has 98 valence electrons. The molecule has 2 aromatic heterocycles. The van der Waals surface area contributed by atoms with E-state index in [1.54, 1.807) is 17.2 Å². The first-order valence-corrected chi connectivity index (χ1v) is 6.17. The topological polar surface area (TPSA) is 74.6 Å². The van der Waals surface area contributed by atoms with Gasteiger partial charge >= 0.3 is 0 Å². The first-order valence-electron chi connectivity index (χ1n) is 6.17. The number of hydrogen-bond acceptors (Lipinski definition) is 4. The Morgan fingerprint density at radius 3 is 2.72 bits per heavy atom. The molecule has 0 aliphatic carbocycles. The Morgan fingerprint density at radius 2 is 2.11 bits per heavy atom. The second kappa shape index (κ2) is 5.30. The molecule has 18 heavy (non-hydrogen) atoms. The van der Waals surface area contributed by atoms with Crippen molar-refractivity contribution in [2.24, 2.45) is 18.7 Å². The maximum absolute atomic E-state index is 6.16. The van der Waals surface area contributed by atoms with Crippen molar-refractivity contribution in [1.82, 2.24) is 24.5 Å². The second-order valence-corrected chi connectivity index (χ2v) is 5.01. The highest BCUT2D eigenvalue weighted by Gasteiger charge is 2.13. The Hall–Kier alpha value is -1.69. The molecule has 0 spiro atoms. The molecular weight excluding hydrogens is 228 g/mol. The van der Waals surface area contributed by atoms with Crippen LogP contribution in [-0.4, -0.2) is 24.5 Å². The van der Waals surface area contributed by atoms with Crippen molar-refractivity contribution in [2.45, 2.75) is 32.9 Å². The highest BCUT2D eigenvalue weighted by atomic mass is 15.3. The van der Waals surface area contributed by atoms with Crippen molar-refractivity contribution in [3.8, 4) is 0 Å². The van der Waals surface area contributed by atoms with Gasteiger partial charge in [0.1, 0.15) is 12.2 Å². The molecule has 0 fully saturated rings.